The molecule has 3 nitrogen and oxygen atoms in total. The van der Waals surface area contributed by atoms with Crippen LogP contribution in [-0.2, 0) is 0 Å². The molecule has 0 heterocycles. The van der Waals surface area contributed by atoms with Crippen LogP contribution >= 0.6 is 0 Å². The van der Waals surface area contributed by atoms with Gasteiger partial charge < -0.3 is 15.3 Å². The Morgan fingerprint density at radius 1 is 1.26 bits per heavy atom. The summed E-state index contributed by atoms with van der Waals surface area (Å²) in [7, 11) is 2.09. The molecule has 0 aliphatic rings. The fraction of sp³-hybridized carbons (Fsp3) is 0.625. The van der Waals surface area contributed by atoms with Crippen LogP contribution in [0.1, 0.15) is 45.2 Å². The van der Waals surface area contributed by atoms with Gasteiger partial charge in [0.1, 0.15) is 0 Å². The monoisotopic (exact) mass is 264 g/mol. The third-order valence-electron chi connectivity index (χ3n) is 3.40. The number of benzene rings is 1. The average molecular weight is 264 g/mol. The molecule has 2 N–H and O–H groups in total. The molecule has 0 fully saturated rings. The van der Waals surface area contributed by atoms with E-state index in [1.807, 2.05) is 6.92 Å². The summed E-state index contributed by atoms with van der Waals surface area (Å²) in [6.07, 6.45) is 1.69. The number of aliphatic hydroxyl groups excluding tert-OH is 1. The van der Waals surface area contributed by atoms with E-state index >= 15 is 0 Å². The van der Waals surface area contributed by atoms with Crippen LogP contribution in [-0.4, -0.2) is 31.3 Å². The molecule has 1 rings (SSSR count). The van der Waals surface area contributed by atoms with Gasteiger partial charge in [-0.05, 0) is 44.9 Å². The second kappa shape index (κ2) is 8.18. The molecule has 0 aromatic heterocycles. The van der Waals surface area contributed by atoms with Crippen LogP contribution in [0.15, 0.2) is 24.3 Å². The Labute approximate surface area is 117 Å². The van der Waals surface area contributed by atoms with Crippen LogP contribution < -0.4 is 10.2 Å². The summed E-state index contributed by atoms with van der Waals surface area (Å²) in [4.78, 5) is 2.23. The van der Waals surface area contributed by atoms with Gasteiger partial charge in [0.2, 0.25) is 0 Å². The largest absolute Gasteiger partial charge is 0.393 e. The molecule has 0 spiro atoms. The molecule has 0 saturated carbocycles. The van der Waals surface area contributed by atoms with Crippen molar-refractivity contribution in [2.24, 2.45) is 0 Å². The highest BCUT2D eigenvalue weighted by molar-refractivity contribution is 5.54. The van der Waals surface area contributed by atoms with E-state index in [0.717, 1.165) is 25.9 Å². The fourth-order valence-electron chi connectivity index (χ4n) is 2.17. The summed E-state index contributed by atoms with van der Waals surface area (Å²) in [5, 5.41) is 12.9. The maximum atomic E-state index is 9.40. The highest BCUT2D eigenvalue weighted by Crippen LogP contribution is 2.25. The van der Waals surface area contributed by atoms with E-state index in [2.05, 4.69) is 55.4 Å². The quantitative estimate of drug-likeness (QED) is 0.758. The first kappa shape index (κ1) is 16.0. The maximum absolute atomic E-state index is 9.40. The molecule has 0 aliphatic heterocycles. The van der Waals surface area contributed by atoms with Gasteiger partial charge in [0.15, 0.2) is 0 Å². The minimum Gasteiger partial charge on any atom is -0.393 e. The Balaban J connectivity index is 2.76. The number of para-hydroxylation sites is 1. The first-order chi connectivity index (χ1) is 9.06. The van der Waals surface area contributed by atoms with Crippen molar-refractivity contribution in [3.05, 3.63) is 29.8 Å². The molecule has 0 aliphatic carbocycles. The molecule has 2 atom stereocenters. The van der Waals surface area contributed by atoms with Gasteiger partial charge in [-0.3, -0.25) is 0 Å². The number of hydrogen-bond acceptors (Lipinski definition) is 3. The van der Waals surface area contributed by atoms with Crippen molar-refractivity contribution in [2.45, 2.75) is 45.8 Å². The normalized spacial score (nSPS) is 14.2. The highest BCUT2D eigenvalue weighted by atomic mass is 16.3. The van der Waals surface area contributed by atoms with Gasteiger partial charge in [0.25, 0.3) is 0 Å². The molecule has 0 bridgehead atoms. The van der Waals surface area contributed by atoms with Crippen molar-refractivity contribution in [3.63, 3.8) is 0 Å². The third-order valence-corrected chi connectivity index (χ3v) is 3.40. The van der Waals surface area contributed by atoms with Crippen LogP contribution in [0, 0.1) is 0 Å². The lowest BCUT2D eigenvalue weighted by molar-refractivity contribution is 0.187. The summed E-state index contributed by atoms with van der Waals surface area (Å²) in [5.41, 5.74) is 2.57. The predicted octanol–water partition coefficient (Wildman–Crippen LogP) is 2.95. The first-order valence-corrected chi connectivity index (χ1v) is 7.27. The van der Waals surface area contributed by atoms with Crippen LogP contribution in [0.2, 0.25) is 0 Å². The van der Waals surface area contributed by atoms with Crippen LogP contribution in [0.25, 0.3) is 0 Å². The smallest absolute Gasteiger partial charge is 0.0528 e. The molecular weight excluding hydrogens is 236 g/mol. The van der Waals surface area contributed by atoms with Gasteiger partial charge in [0, 0.05) is 25.3 Å². The number of rotatable bonds is 8. The van der Waals surface area contributed by atoms with Crippen LogP contribution in [0.4, 0.5) is 5.69 Å². The van der Waals surface area contributed by atoms with E-state index in [1.165, 1.54) is 11.3 Å². The van der Waals surface area contributed by atoms with E-state index < -0.39 is 0 Å². The molecule has 1 aromatic carbocycles. The Morgan fingerprint density at radius 3 is 2.58 bits per heavy atom. The van der Waals surface area contributed by atoms with Crippen molar-refractivity contribution in [1.82, 2.24) is 5.32 Å². The number of nitrogens with one attached hydrogen (secondary N) is 1. The van der Waals surface area contributed by atoms with E-state index in [0.29, 0.717) is 6.04 Å². The Morgan fingerprint density at radius 2 is 1.95 bits per heavy atom. The van der Waals surface area contributed by atoms with Crippen LogP contribution in [0.5, 0.6) is 0 Å². The molecule has 3 heteroatoms. The van der Waals surface area contributed by atoms with Gasteiger partial charge in [-0.1, -0.05) is 25.1 Å². The molecule has 0 amide bonds. The molecule has 108 valence electrons. The minimum atomic E-state index is -0.245. The van der Waals surface area contributed by atoms with E-state index in [9.17, 15) is 5.11 Å². The summed E-state index contributed by atoms with van der Waals surface area (Å²) in [6.45, 7) is 8.13. The van der Waals surface area contributed by atoms with Crippen molar-refractivity contribution >= 4 is 5.69 Å². The summed E-state index contributed by atoms with van der Waals surface area (Å²) < 4.78 is 0. The predicted molar refractivity (Wildman–Crippen MR) is 82.7 cm³/mol. The molecular formula is C16H28N2O. The summed E-state index contributed by atoms with van der Waals surface area (Å²) in [6, 6.07) is 8.85. The number of nitrogens with zero attached hydrogens (tertiary/aromatic N) is 1. The van der Waals surface area contributed by atoms with Crippen molar-refractivity contribution in [3.8, 4) is 0 Å². The molecule has 0 saturated heterocycles. The van der Waals surface area contributed by atoms with Gasteiger partial charge in [-0.2, -0.15) is 0 Å². The molecule has 1 aromatic rings. The summed E-state index contributed by atoms with van der Waals surface area (Å²) in [5.74, 6) is 0. The summed E-state index contributed by atoms with van der Waals surface area (Å²) >= 11 is 0. The first-order valence-electron chi connectivity index (χ1n) is 7.27. The maximum Gasteiger partial charge on any atom is 0.0528 e. The zero-order chi connectivity index (χ0) is 14.3. The standard InChI is InChI=1S/C16H28N2O/c1-5-11-17-14(3)15-8-6-7-9-16(15)18(4)12-10-13(2)19/h6-9,13-14,17,19H,5,10-12H2,1-4H3. The van der Waals surface area contributed by atoms with Gasteiger partial charge in [-0.15, -0.1) is 0 Å². The topological polar surface area (TPSA) is 35.5 Å². The van der Waals surface area contributed by atoms with Crippen molar-refractivity contribution in [2.75, 3.05) is 25.0 Å². The SMILES string of the molecule is CCCNC(C)c1ccccc1N(C)CCC(C)O. The Bertz CT molecular complexity index is 366. The zero-order valence-electron chi connectivity index (χ0n) is 12.7. The van der Waals surface area contributed by atoms with E-state index in [1.54, 1.807) is 0 Å². The van der Waals surface area contributed by atoms with E-state index in [-0.39, 0.29) is 6.10 Å². The van der Waals surface area contributed by atoms with Gasteiger partial charge in [-0.25, -0.2) is 0 Å². The van der Waals surface area contributed by atoms with Crippen molar-refractivity contribution < 1.29 is 5.11 Å². The van der Waals surface area contributed by atoms with Crippen molar-refractivity contribution in [1.29, 1.82) is 0 Å². The Hall–Kier alpha value is -1.06. The van der Waals surface area contributed by atoms with Crippen LogP contribution in [0.3, 0.4) is 0 Å². The van der Waals surface area contributed by atoms with Gasteiger partial charge >= 0.3 is 0 Å². The number of aliphatic hydroxyl groups is 1. The number of hydrogen-bond donors (Lipinski definition) is 2. The molecule has 19 heavy (non-hydrogen) atoms. The third kappa shape index (κ3) is 5.21. The van der Waals surface area contributed by atoms with E-state index in [4.69, 9.17) is 0 Å². The number of anilines is 1. The Kier molecular flexibility index (Phi) is 6.89. The highest BCUT2D eigenvalue weighted by Gasteiger charge is 2.12. The second-order valence-corrected chi connectivity index (χ2v) is 5.29. The second-order valence-electron chi connectivity index (χ2n) is 5.29. The molecule has 2 unspecified atom stereocenters. The van der Waals surface area contributed by atoms with Gasteiger partial charge in [0.05, 0.1) is 6.10 Å². The zero-order valence-corrected chi connectivity index (χ0v) is 12.7. The minimum absolute atomic E-state index is 0.245. The lowest BCUT2D eigenvalue weighted by Gasteiger charge is -2.26. The molecule has 0 radical (unpaired) electrons. The fourth-order valence-corrected chi connectivity index (χ4v) is 2.17. The average Bonchev–Trinajstić information content (AvgIpc) is 2.42. The lowest BCUT2D eigenvalue weighted by Crippen LogP contribution is -2.26. The lowest BCUT2D eigenvalue weighted by atomic mass is 10.0.